The molecule has 4 aromatic carbocycles. The Labute approximate surface area is 225 Å². The Morgan fingerprint density at radius 1 is 0.949 bits per heavy atom. The van der Waals surface area contributed by atoms with Crippen LogP contribution in [0.5, 0.6) is 5.75 Å². The lowest BCUT2D eigenvalue weighted by atomic mass is 10.1. The molecule has 39 heavy (non-hydrogen) atoms. The third-order valence-electron chi connectivity index (χ3n) is 6.41. The molecule has 7 nitrogen and oxygen atoms in total. The molecule has 0 atom stereocenters. The highest BCUT2D eigenvalue weighted by Crippen LogP contribution is 2.23. The van der Waals surface area contributed by atoms with Crippen LogP contribution in [0.15, 0.2) is 91.0 Å². The third-order valence-corrected chi connectivity index (χ3v) is 6.41. The van der Waals surface area contributed by atoms with E-state index in [1.807, 2.05) is 47.9 Å². The fourth-order valence-corrected chi connectivity index (χ4v) is 4.45. The van der Waals surface area contributed by atoms with Crippen LogP contribution in [0.2, 0.25) is 0 Å². The van der Waals surface area contributed by atoms with E-state index in [1.165, 1.54) is 12.1 Å². The molecule has 0 fully saturated rings. The number of aromatic nitrogens is 2. The number of aryl methyl sites for hydroxylation is 1. The van der Waals surface area contributed by atoms with Crippen LogP contribution in [0.1, 0.15) is 27.3 Å². The molecule has 2 amide bonds. The van der Waals surface area contributed by atoms with E-state index in [1.54, 1.807) is 49.6 Å². The number of carbonyl (C=O) groups is 2. The molecule has 0 aliphatic heterocycles. The summed E-state index contributed by atoms with van der Waals surface area (Å²) >= 11 is 0. The number of imidazole rings is 1. The number of hydrogen-bond acceptors (Lipinski definition) is 4. The fraction of sp³-hybridized carbons (Fsp3) is 0.129. The Bertz CT molecular complexity index is 1640. The lowest BCUT2D eigenvalue weighted by molar-refractivity contribution is -0.120. The van der Waals surface area contributed by atoms with Gasteiger partial charge in [0, 0.05) is 29.0 Å². The predicted octanol–water partition coefficient (Wildman–Crippen LogP) is 5.59. The number of amides is 2. The van der Waals surface area contributed by atoms with Gasteiger partial charge in [0.1, 0.15) is 17.4 Å². The van der Waals surface area contributed by atoms with Crippen molar-refractivity contribution in [3.8, 4) is 11.4 Å². The molecule has 0 saturated heterocycles. The highest BCUT2D eigenvalue weighted by molar-refractivity contribution is 6.06. The molecular weight excluding hydrogens is 495 g/mol. The zero-order valence-electron chi connectivity index (χ0n) is 21.6. The van der Waals surface area contributed by atoms with Crippen LogP contribution in [-0.2, 0) is 17.8 Å². The van der Waals surface area contributed by atoms with Crippen molar-refractivity contribution in [3.63, 3.8) is 0 Å². The number of para-hydroxylation sites is 1. The number of nitrogens with one attached hydrogen (secondary N) is 2. The molecule has 0 saturated carbocycles. The number of hydrogen-bond donors (Lipinski definition) is 2. The minimum absolute atomic E-state index is 0.112. The maximum absolute atomic E-state index is 13.4. The second-order valence-electron chi connectivity index (χ2n) is 9.09. The van der Waals surface area contributed by atoms with Crippen LogP contribution >= 0.6 is 0 Å². The first-order chi connectivity index (χ1) is 18.9. The molecular formula is C31H27FN4O3. The Balaban J connectivity index is 1.24. The van der Waals surface area contributed by atoms with E-state index in [4.69, 9.17) is 4.74 Å². The maximum Gasteiger partial charge on any atom is 0.255 e. The zero-order valence-corrected chi connectivity index (χ0v) is 21.6. The number of fused-ring (bicyclic) bond motifs is 1. The Morgan fingerprint density at radius 2 is 1.69 bits per heavy atom. The first kappa shape index (κ1) is 25.7. The Morgan fingerprint density at radius 3 is 2.44 bits per heavy atom. The van der Waals surface area contributed by atoms with Gasteiger partial charge in [-0.2, -0.15) is 0 Å². The van der Waals surface area contributed by atoms with E-state index in [9.17, 15) is 14.0 Å². The number of carbonyl (C=O) groups excluding carboxylic acids is 2. The zero-order chi connectivity index (χ0) is 27.4. The number of ether oxygens (including phenoxy) is 1. The first-order valence-electron chi connectivity index (χ1n) is 12.4. The molecule has 0 aliphatic rings. The summed E-state index contributed by atoms with van der Waals surface area (Å²) < 4.78 is 20.6. The van der Waals surface area contributed by atoms with Crippen molar-refractivity contribution in [2.75, 3.05) is 12.4 Å². The average Bonchev–Trinajstić information content (AvgIpc) is 3.28. The maximum atomic E-state index is 13.4. The van der Waals surface area contributed by atoms with E-state index in [0.717, 1.165) is 39.4 Å². The quantitative estimate of drug-likeness (QED) is 0.278. The summed E-state index contributed by atoms with van der Waals surface area (Å²) in [6, 6.07) is 26.1. The van der Waals surface area contributed by atoms with Crippen molar-refractivity contribution in [2.45, 2.75) is 19.9 Å². The lowest BCUT2D eigenvalue weighted by Gasteiger charge is -2.10. The fourth-order valence-electron chi connectivity index (χ4n) is 4.45. The van der Waals surface area contributed by atoms with E-state index in [0.29, 0.717) is 17.8 Å². The standard InChI is InChI=1S/C31H27FN4O3/c1-20-34-27-16-9-22(18-28(27)36(20)26-14-10-24(32)11-15-26)31(38)35-25-12-7-21(8-13-25)17-30(37)33-19-23-5-3-4-6-29(23)39-2/h3-16,18H,17,19H2,1-2H3,(H,33,37)(H,35,38). The monoisotopic (exact) mass is 522 g/mol. The van der Waals surface area contributed by atoms with Gasteiger partial charge in [0.05, 0.1) is 24.6 Å². The van der Waals surface area contributed by atoms with E-state index < -0.39 is 0 Å². The summed E-state index contributed by atoms with van der Waals surface area (Å²) in [5, 5.41) is 5.82. The van der Waals surface area contributed by atoms with Crippen LogP contribution in [-0.4, -0.2) is 28.5 Å². The summed E-state index contributed by atoms with van der Waals surface area (Å²) in [6.07, 6.45) is 0.215. The van der Waals surface area contributed by atoms with E-state index in [-0.39, 0.29) is 24.1 Å². The van der Waals surface area contributed by atoms with Gasteiger partial charge in [0.25, 0.3) is 5.91 Å². The summed E-state index contributed by atoms with van der Waals surface area (Å²) in [7, 11) is 1.60. The molecule has 5 rings (SSSR count). The van der Waals surface area contributed by atoms with Crippen molar-refractivity contribution in [3.05, 3.63) is 119 Å². The highest BCUT2D eigenvalue weighted by Gasteiger charge is 2.14. The molecule has 0 aliphatic carbocycles. The second-order valence-corrected chi connectivity index (χ2v) is 9.09. The summed E-state index contributed by atoms with van der Waals surface area (Å²) in [5.74, 6) is 0.756. The average molecular weight is 523 g/mol. The lowest BCUT2D eigenvalue weighted by Crippen LogP contribution is -2.24. The van der Waals surface area contributed by atoms with Gasteiger partial charge < -0.3 is 15.4 Å². The topological polar surface area (TPSA) is 85.2 Å². The Kier molecular flexibility index (Phi) is 7.36. The van der Waals surface area contributed by atoms with Gasteiger partial charge in [-0.1, -0.05) is 30.3 Å². The Hall–Kier alpha value is -4.98. The van der Waals surface area contributed by atoms with Gasteiger partial charge in [-0.05, 0) is 73.2 Å². The summed E-state index contributed by atoms with van der Waals surface area (Å²) in [5.41, 5.74) is 5.05. The highest BCUT2D eigenvalue weighted by atomic mass is 19.1. The number of nitrogens with zero attached hydrogens (tertiary/aromatic N) is 2. The van der Waals surface area contributed by atoms with Crippen LogP contribution < -0.4 is 15.4 Å². The molecule has 2 N–H and O–H groups in total. The SMILES string of the molecule is COc1ccccc1CNC(=O)Cc1ccc(NC(=O)c2ccc3nc(C)n(-c4ccc(F)cc4)c3c2)cc1. The van der Waals surface area contributed by atoms with E-state index in [2.05, 4.69) is 15.6 Å². The van der Waals surface area contributed by atoms with Crippen molar-refractivity contribution in [1.29, 1.82) is 0 Å². The number of halogens is 1. The van der Waals surface area contributed by atoms with Gasteiger partial charge in [0.2, 0.25) is 5.91 Å². The molecule has 0 bridgehead atoms. The largest absolute Gasteiger partial charge is 0.496 e. The number of methoxy groups -OCH3 is 1. The van der Waals surface area contributed by atoms with Crippen LogP contribution in [0, 0.1) is 12.7 Å². The normalized spacial score (nSPS) is 10.8. The summed E-state index contributed by atoms with van der Waals surface area (Å²) in [4.78, 5) is 30.0. The minimum Gasteiger partial charge on any atom is -0.496 e. The number of rotatable bonds is 8. The van der Waals surface area contributed by atoms with Gasteiger partial charge in [-0.25, -0.2) is 9.37 Å². The van der Waals surface area contributed by atoms with Crippen molar-refractivity contribution < 1.29 is 18.7 Å². The molecule has 1 aromatic heterocycles. The van der Waals surface area contributed by atoms with Crippen molar-refractivity contribution >= 4 is 28.5 Å². The molecule has 0 unspecified atom stereocenters. The molecule has 0 spiro atoms. The van der Waals surface area contributed by atoms with Gasteiger partial charge in [0.15, 0.2) is 0 Å². The minimum atomic E-state index is -0.319. The van der Waals surface area contributed by atoms with Gasteiger partial charge in [-0.15, -0.1) is 0 Å². The molecule has 1 heterocycles. The van der Waals surface area contributed by atoms with Crippen molar-refractivity contribution in [1.82, 2.24) is 14.9 Å². The number of benzene rings is 4. The number of anilines is 1. The van der Waals surface area contributed by atoms with Crippen LogP contribution in [0.4, 0.5) is 10.1 Å². The van der Waals surface area contributed by atoms with Gasteiger partial charge in [-0.3, -0.25) is 14.2 Å². The third kappa shape index (κ3) is 5.80. The first-order valence-corrected chi connectivity index (χ1v) is 12.4. The predicted molar refractivity (Wildman–Crippen MR) is 149 cm³/mol. The molecule has 196 valence electrons. The van der Waals surface area contributed by atoms with Gasteiger partial charge >= 0.3 is 0 Å². The van der Waals surface area contributed by atoms with Crippen LogP contribution in [0.3, 0.4) is 0 Å². The van der Waals surface area contributed by atoms with Crippen molar-refractivity contribution in [2.24, 2.45) is 0 Å². The summed E-state index contributed by atoms with van der Waals surface area (Å²) in [6.45, 7) is 2.24. The van der Waals surface area contributed by atoms with E-state index >= 15 is 0 Å². The second kappa shape index (κ2) is 11.2. The van der Waals surface area contributed by atoms with Crippen LogP contribution in [0.25, 0.3) is 16.7 Å². The molecule has 0 radical (unpaired) electrons. The smallest absolute Gasteiger partial charge is 0.255 e. The molecule has 8 heteroatoms. The molecule has 5 aromatic rings.